The molecule has 2 fully saturated rings. The second kappa shape index (κ2) is 12.0. The van der Waals surface area contributed by atoms with Gasteiger partial charge >= 0.3 is 0 Å². The average Bonchev–Trinajstić information content (AvgIpc) is 2.61. The minimum Gasteiger partial charge on any atom is -0.342 e. The summed E-state index contributed by atoms with van der Waals surface area (Å²) < 4.78 is 0. The Morgan fingerprint density at radius 3 is 1.96 bits per heavy atom. The van der Waals surface area contributed by atoms with Crippen molar-refractivity contribution >= 4 is 36.6 Å². The molecule has 0 aromatic rings. The van der Waals surface area contributed by atoms with Crippen LogP contribution >= 0.6 is 24.8 Å². The highest BCUT2D eigenvalue weighted by Crippen LogP contribution is 2.23. The first-order chi connectivity index (χ1) is 11.4. The maximum atomic E-state index is 12.5. The quantitative estimate of drug-likeness (QED) is 0.746. The van der Waals surface area contributed by atoms with Gasteiger partial charge in [0.25, 0.3) is 0 Å². The minimum absolute atomic E-state index is 0. The van der Waals surface area contributed by atoms with Crippen molar-refractivity contribution in [3.05, 3.63) is 0 Å². The number of carbonyl (C=O) groups excluding carboxylic acids is 2. The maximum Gasteiger partial charge on any atom is 0.226 e. The van der Waals surface area contributed by atoms with Crippen LogP contribution in [0.2, 0.25) is 0 Å². The van der Waals surface area contributed by atoms with Crippen molar-refractivity contribution in [2.24, 2.45) is 17.6 Å². The summed E-state index contributed by atoms with van der Waals surface area (Å²) in [7, 11) is 0. The molecule has 8 heteroatoms. The van der Waals surface area contributed by atoms with Crippen LogP contribution in [0.3, 0.4) is 0 Å². The van der Waals surface area contributed by atoms with Crippen molar-refractivity contribution in [1.82, 2.24) is 14.7 Å². The van der Waals surface area contributed by atoms with Crippen molar-refractivity contribution in [3.63, 3.8) is 0 Å². The summed E-state index contributed by atoms with van der Waals surface area (Å²) in [5, 5.41) is 0. The number of likely N-dealkylation sites (N-methyl/N-ethyl adjacent to an activating group) is 1. The maximum absolute atomic E-state index is 12.5. The summed E-state index contributed by atoms with van der Waals surface area (Å²) >= 11 is 0. The lowest BCUT2D eigenvalue weighted by Crippen LogP contribution is -2.49. The van der Waals surface area contributed by atoms with Gasteiger partial charge in [-0.2, -0.15) is 0 Å². The molecule has 0 aliphatic carbocycles. The van der Waals surface area contributed by atoms with E-state index in [1.165, 1.54) is 0 Å². The van der Waals surface area contributed by atoms with Gasteiger partial charge in [-0.15, -0.1) is 24.8 Å². The normalized spacial score (nSPS) is 21.4. The van der Waals surface area contributed by atoms with E-state index in [9.17, 15) is 9.59 Å². The number of piperazine rings is 1. The number of likely N-dealkylation sites (tertiary alicyclic amines) is 1. The summed E-state index contributed by atoms with van der Waals surface area (Å²) in [6.07, 6.45) is 2.49. The van der Waals surface area contributed by atoms with Crippen LogP contribution in [0, 0.1) is 11.8 Å². The van der Waals surface area contributed by atoms with E-state index in [1.54, 1.807) is 0 Å². The van der Waals surface area contributed by atoms with Crippen molar-refractivity contribution in [2.45, 2.75) is 46.1 Å². The Hall–Kier alpha value is -0.560. The predicted octanol–water partition coefficient (Wildman–Crippen LogP) is 1.61. The first kappa shape index (κ1) is 25.4. The molecule has 2 N–H and O–H groups in total. The largest absolute Gasteiger partial charge is 0.342 e. The van der Waals surface area contributed by atoms with Crippen LogP contribution < -0.4 is 5.73 Å². The van der Waals surface area contributed by atoms with Crippen LogP contribution in [0.5, 0.6) is 0 Å². The Morgan fingerprint density at radius 1 is 0.962 bits per heavy atom. The van der Waals surface area contributed by atoms with Crippen LogP contribution in [0.25, 0.3) is 0 Å². The van der Waals surface area contributed by atoms with Crippen LogP contribution in [0.1, 0.15) is 40.0 Å². The zero-order valence-electron chi connectivity index (χ0n) is 16.4. The van der Waals surface area contributed by atoms with Crippen molar-refractivity contribution in [2.75, 3.05) is 45.8 Å². The lowest BCUT2D eigenvalue weighted by Gasteiger charge is -2.37. The van der Waals surface area contributed by atoms with E-state index in [0.29, 0.717) is 18.2 Å². The number of nitrogens with zero attached hydrogens (tertiary/aromatic N) is 3. The molecule has 26 heavy (non-hydrogen) atoms. The number of rotatable bonds is 5. The molecule has 2 atom stereocenters. The second-order valence-corrected chi connectivity index (χ2v) is 7.44. The first-order valence-electron chi connectivity index (χ1n) is 9.46. The van der Waals surface area contributed by atoms with Crippen LogP contribution in [0.15, 0.2) is 0 Å². The van der Waals surface area contributed by atoms with Gasteiger partial charge < -0.3 is 20.4 Å². The Kier molecular flexibility index (Phi) is 11.7. The molecule has 2 amide bonds. The molecule has 6 nitrogen and oxygen atoms in total. The van der Waals surface area contributed by atoms with Crippen LogP contribution in [0.4, 0.5) is 0 Å². The third-order valence-corrected chi connectivity index (χ3v) is 5.74. The first-order valence-corrected chi connectivity index (χ1v) is 9.46. The van der Waals surface area contributed by atoms with Crippen molar-refractivity contribution in [3.8, 4) is 0 Å². The van der Waals surface area contributed by atoms with E-state index >= 15 is 0 Å². The molecule has 2 heterocycles. The van der Waals surface area contributed by atoms with Gasteiger partial charge in [-0.25, -0.2) is 0 Å². The molecule has 0 aromatic heterocycles. The monoisotopic (exact) mass is 410 g/mol. The molecule has 2 saturated heterocycles. The highest BCUT2D eigenvalue weighted by atomic mass is 35.5. The fourth-order valence-corrected chi connectivity index (χ4v) is 3.56. The average molecular weight is 411 g/mol. The van der Waals surface area contributed by atoms with E-state index < -0.39 is 0 Å². The van der Waals surface area contributed by atoms with Gasteiger partial charge in [-0.1, -0.05) is 13.8 Å². The number of nitrogens with two attached hydrogens (primary N) is 1. The number of halogens is 2. The molecular weight excluding hydrogens is 375 g/mol. The molecule has 2 unspecified atom stereocenters. The molecule has 0 saturated carbocycles. The predicted molar refractivity (Wildman–Crippen MR) is 110 cm³/mol. The molecule has 0 spiro atoms. The van der Waals surface area contributed by atoms with E-state index in [4.69, 9.17) is 5.73 Å². The molecule has 154 valence electrons. The zero-order chi connectivity index (χ0) is 17.7. The fraction of sp³-hybridized carbons (Fsp3) is 0.889. The number of amides is 2. The van der Waals surface area contributed by atoms with Gasteiger partial charge in [0.1, 0.15) is 0 Å². The highest BCUT2D eigenvalue weighted by molar-refractivity contribution is 5.85. The Balaban J connectivity index is 0.00000312. The molecule has 0 bridgehead atoms. The topological polar surface area (TPSA) is 69.9 Å². The van der Waals surface area contributed by atoms with E-state index in [0.717, 1.165) is 58.7 Å². The third-order valence-electron chi connectivity index (χ3n) is 5.74. The summed E-state index contributed by atoms with van der Waals surface area (Å²) in [5.74, 6) is 0.736. The van der Waals surface area contributed by atoms with Gasteiger partial charge in [0.2, 0.25) is 11.8 Å². The summed E-state index contributed by atoms with van der Waals surface area (Å²) in [5.41, 5.74) is 5.84. The van der Waals surface area contributed by atoms with Crippen molar-refractivity contribution < 1.29 is 9.59 Å². The number of carbonyl (C=O) groups is 2. The SMILES string of the molecule is CCN1CCN(C(=O)CC2CCN(C(=O)C(C)C(C)N)CC2)CC1.Cl.Cl. The standard InChI is InChI=1S/C18H34N4O2.2ClH/c1-4-20-9-11-21(12-10-20)17(23)13-16-5-7-22(8-6-16)18(24)14(2)15(3)19;;/h14-16H,4-13,19H2,1-3H3;2*1H. The fourth-order valence-electron chi connectivity index (χ4n) is 3.56. The van der Waals surface area contributed by atoms with Crippen molar-refractivity contribution in [1.29, 1.82) is 0 Å². The van der Waals surface area contributed by atoms with E-state index in [1.807, 2.05) is 23.6 Å². The lowest BCUT2D eigenvalue weighted by molar-refractivity contribution is -0.137. The second-order valence-electron chi connectivity index (χ2n) is 7.44. The Bertz CT molecular complexity index is 435. The summed E-state index contributed by atoms with van der Waals surface area (Å²) in [4.78, 5) is 31.1. The van der Waals surface area contributed by atoms with Gasteiger partial charge in [0, 0.05) is 51.7 Å². The van der Waals surface area contributed by atoms with Gasteiger partial charge in [-0.05, 0) is 32.2 Å². The lowest BCUT2D eigenvalue weighted by atomic mass is 9.91. The molecule has 2 rings (SSSR count). The molecule has 0 radical (unpaired) electrons. The molecule has 2 aliphatic rings. The van der Waals surface area contributed by atoms with E-state index in [-0.39, 0.29) is 42.7 Å². The highest BCUT2D eigenvalue weighted by Gasteiger charge is 2.29. The van der Waals surface area contributed by atoms with Gasteiger partial charge in [0.05, 0.1) is 5.92 Å². The van der Waals surface area contributed by atoms with Crippen LogP contribution in [-0.2, 0) is 9.59 Å². The summed E-state index contributed by atoms with van der Waals surface area (Å²) in [6.45, 7) is 12.2. The number of hydrogen-bond acceptors (Lipinski definition) is 4. The summed E-state index contributed by atoms with van der Waals surface area (Å²) in [6, 6.07) is -0.112. The Labute approximate surface area is 170 Å². The smallest absolute Gasteiger partial charge is 0.226 e. The zero-order valence-corrected chi connectivity index (χ0v) is 18.0. The molecule has 0 aromatic carbocycles. The van der Waals surface area contributed by atoms with Crippen LogP contribution in [-0.4, -0.2) is 78.4 Å². The minimum atomic E-state index is -0.127. The van der Waals surface area contributed by atoms with E-state index in [2.05, 4.69) is 11.8 Å². The molecule has 2 aliphatic heterocycles. The third kappa shape index (κ3) is 6.87. The van der Waals surface area contributed by atoms with Gasteiger partial charge in [0.15, 0.2) is 0 Å². The number of piperidine rings is 1. The number of hydrogen-bond donors (Lipinski definition) is 1. The van der Waals surface area contributed by atoms with Gasteiger partial charge in [-0.3, -0.25) is 9.59 Å². The molecular formula is C18H36Cl2N4O2. The Morgan fingerprint density at radius 2 is 1.50 bits per heavy atom.